The van der Waals surface area contributed by atoms with Crippen LogP contribution in [0, 0.1) is 0 Å². The van der Waals surface area contributed by atoms with Crippen LogP contribution >= 0.6 is 0 Å². The van der Waals surface area contributed by atoms with Crippen LogP contribution in [0.25, 0.3) is 0 Å². The van der Waals surface area contributed by atoms with Crippen LogP contribution in [-0.2, 0) is 25.9 Å². The van der Waals surface area contributed by atoms with Gasteiger partial charge in [-0.25, -0.2) is 0 Å². The number of hydrogen-bond acceptors (Lipinski definition) is 2. The van der Waals surface area contributed by atoms with Crippen molar-refractivity contribution in [1.82, 2.24) is 0 Å². The first kappa shape index (κ1) is 10.6. The molecular formula is C3H5AgO4. The molecule has 0 radical (unpaired) electrons. The van der Waals surface area contributed by atoms with E-state index in [0.29, 0.717) is 0 Å². The molecule has 0 atom stereocenters. The maximum absolute atomic E-state index is 9.00. The van der Waals surface area contributed by atoms with E-state index in [-0.39, 0.29) is 0 Å². The van der Waals surface area contributed by atoms with Gasteiger partial charge in [-0.3, -0.25) is 4.79 Å². The summed E-state index contributed by atoms with van der Waals surface area (Å²) in [5, 5.41) is 14.7. The molecule has 52 valence electrons. The number of hydrogen-bond donors (Lipinski definition) is 2. The van der Waals surface area contributed by atoms with Crippen LogP contribution in [0.1, 0.15) is 6.92 Å². The summed E-state index contributed by atoms with van der Waals surface area (Å²) in [6, 6.07) is 0. The monoisotopic (exact) mass is 212 g/mol. The second-order valence-corrected chi connectivity index (χ2v) is 1.37. The van der Waals surface area contributed by atoms with Gasteiger partial charge in [-0.1, -0.05) is 0 Å². The Morgan fingerprint density at radius 1 is 1.38 bits per heavy atom. The fourth-order valence-electron chi connectivity index (χ4n) is 0. The van der Waals surface area contributed by atoms with Crippen LogP contribution in [0.4, 0.5) is 4.79 Å². The summed E-state index contributed by atoms with van der Waals surface area (Å²) in [4.78, 5) is 17.9. The van der Waals surface area contributed by atoms with Crippen molar-refractivity contribution < 1.29 is 40.9 Å². The van der Waals surface area contributed by atoms with Gasteiger partial charge in [-0.05, 0) is 0 Å². The van der Waals surface area contributed by atoms with E-state index in [2.05, 4.69) is 21.1 Å². The van der Waals surface area contributed by atoms with E-state index >= 15 is 0 Å². The van der Waals surface area contributed by atoms with Crippen LogP contribution in [0.2, 0.25) is 0 Å². The van der Waals surface area contributed by atoms with E-state index in [0.717, 1.165) is 6.92 Å². The van der Waals surface area contributed by atoms with Gasteiger partial charge in [0, 0.05) is 6.92 Å². The van der Waals surface area contributed by atoms with Crippen LogP contribution in [0.3, 0.4) is 0 Å². The first-order chi connectivity index (χ1) is 3.46. The predicted molar refractivity (Wildman–Crippen MR) is 21.3 cm³/mol. The van der Waals surface area contributed by atoms with Crippen molar-refractivity contribution in [3.63, 3.8) is 0 Å². The third kappa shape index (κ3) is 1220. The predicted octanol–water partition coefficient (Wildman–Crippen LogP) is 0.302. The molecule has 2 N–H and O–H groups in total. The zero-order chi connectivity index (χ0) is 7.15. The van der Waals surface area contributed by atoms with Crippen LogP contribution < -0.4 is 0 Å². The van der Waals surface area contributed by atoms with Crippen LogP contribution in [-0.4, -0.2) is 20.4 Å². The summed E-state index contributed by atoms with van der Waals surface area (Å²) in [5.74, 6) is -0.833. The Balaban J connectivity index is 0. The molecule has 0 aliphatic carbocycles. The average Bonchev–Trinajstić information content (AvgIpc) is 1.25. The quantitative estimate of drug-likeness (QED) is 0.567. The molecule has 0 fully saturated rings. The van der Waals surface area contributed by atoms with Crippen LogP contribution in [0.5, 0.6) is 0 Å². The van der Waals surface area contributed by atoms with E-state index in [1.807, 2.05) is 0 Å². The molecule has 0 rings (SSSR count). The summed E-state index contributed by atoms with van der Waals surface area (Å²) < 4.78 is -1.02. The number of carbonyl (C=O) groups is 2. The molecule has 0 aromatic rings. The van der Waals surface area contributed by atoms with Crippen molar-refractivity contribution in [2.24, 2.45) is 0 Å². The Labute approximate surface area is 58.4 Å². The van der Waals surface area contributed by atoms with Crippen molar-refractivity contribution in [2.75, 3.05) is 0 Å². The van der Waals surface area contributed by atoms with Gasteiger partial charge in [0.15, 0.2) is 0 Å². The first-order valence-electron chi connectivity index (χ1n) is 1.51. The molecule has 0 aromatic carbocycles. The van der Waals surface area contributed by atoms with Crippen molar-refractivity contribution in [1.29, 1.82) is 0 Å². The molecule has 0 spiro atoms. The maximum atomic E-state index is 9.00. The molecule has 0 saturated carbocycles. The number of rotatable bonds is 0. The summed E-state index contributed by atoms with van der Waals surface area (Å²) in [7, 11) is 0. The third-order valence-electron chi connectivity index (χ3n) is 0. The van der Waals surface area contributed by atoms with Gasteiger partial charge in [0.1, 0.15) is 0 Å². The molecule has 8 heavy (non-hydrogen) atoms. The Morgan fingerprint density at radius 2 is 1.38 bits per heavy atom. The topological polar surface area (TPSA) is 74.6 Å². The normalized spacial score (nSPS) is 6.38. The van der Waals surface area contributed by atoms with Crippen molar-refractivity contribution in [3.05, 3.63) is 0 Å². The number of carboxylic acid groups (broad SMARTS) is 2. The summed E-state index contributed by atoms with van der Waals surface area (Å²) in [5.41, 5.74) is 0. The van der Waals surface area contributed by atoms with Gasteiger partial charge in [0.2, 0.25) is 0 Å². The van der Waals surface area contributed by atoms with E-state index in [4.69, 9.17) is 19.8 Å². The Hall–Kier alpha value is -0.320. The number of aliphatic carboxylic acids is 1. The molecule has 0 unspecified atom stereocenters. The van der Waals surface area contributed by atoms with Gasteiger partial charge >= 0.3 is 35.2 Å². The van der Waals surface area contributed by atoms with Crippen molar-refractivity contribution >= 4 is 10.2 Å². The fourth-order valence-corrected chi connectivity index (χ4v) is 0. The van der Waals surface area contributed by atoms with E-state index in [1.165, 1.54) is 0 Å². The molecule has 5 heteroatoms. The molecule has 0 aliphatic rings. The summed E-state index contributed by atoms with van der Waals surface area (Å²) in [6.07, 6.45) is 0. The van der Waals surface area contributed by atoms with Gasteiger partial charge in [-0.2, -0.15) is 0 Å². The minimum absolute atomic E-state index is 0.833. The minimum atomic E-state index is -1.02. The molecule has 0 heterocycles. The standard InChI is InChI=1S/C2H4O2.CHO2.Ag/c1-2(3)4;2-1-3;/h1H3,(H,3,4);(H,2,3);. The zero-order valence-corrected chi connectivity index (χ0v) is 5.49. The second-order valence-electron chi connectivity index (χ2n) is 0.739. The molecular weight excluding hydrogens is 208 g/mol. The van der Waals surface area contributed by atoms with E-state index in [9.17, 15) is 0 Å². The molecule has 0 amide bonds. The van der Waals surface area contributed by atoms with Crippen LogP contribution in [0.15, 0.2) is 0 Å². The molecule has 0 saturated heterocycles. The van der Waals surface area contributed by atoms with E-state index < -0.39 is 10.2 Å². The average molecular weight is 213 g/mol. The summed E-state index contributed by atoms with van der Waals surface area (Å²) in [6.45, 7) is 1.08. The van der Waals surface area contributed by atoms with Gasteiger partial charge in [-0.15, -0.1) is 0 Å². The zero-order valence-electron chi connectivity index (χ0n) is 4.01. The summed E-state index contributed by atoms with van der Waals surface area (Å²) >= 11 is 2.20. The number of carboxylic acids is 1. The molecule has 0 aromatic heterocycles. The molecule has 0 bridgehead atoms. The second kappa shape index (κ2) is 6.68. The molecule has 4 nitrogen and oxygen atoms in total. The van der Waals surface area contributed by atoms with Crippen molar-refractivity contribution in [2.45, 2.75) is 6.92 Å². The van der Waals surface area contributed by atoms with Gasteiger partial charge in [0.25, 0.3) is 5.97 Å². The van der Waals surface area contributed by atoms with Gasteiger partial charge < -0.3 is 5.11 Å². The molecule has 0 aliphatic heterocycles. The Bertz CT molecular complexity index is 69.3. The fraction of sp³-hybridized carbons (Fsp3) is 0.333. The third-order valence-corrected chi connectivity index (χ3v) is 0. The Kier molecular flexibility index (Phi) is 8.87. The van der Waals surface area contributed by atoms with Gasteiger partial charge in [0.05, 0.1) is 0 Å². The SMILES string of the molecule is CC(=O)O.O=[C](O)[Ag]. The Morgan fingerprint density at radius 3 is 1.38 bits per heavy atom. The first-order valence-corrected chi connectivity index (χ1v) is 2.25. The van der Waals surface area contributed by atoms with Crippen molar-refractivity contribution in [3.8, 4) is 0 Å². The van der Waals surface area contributed by atoms with E-state index in [1.54, 1.807) is 0 Å².